The van der Waals surface area contributed by atoms with E-state index in [1.807, 2.05) is 18.3 Å². The molecular weight excluding hydrogens is 324 g/mol. The topological polar surface area (TPSA) is 49.3 Å². The molecule has 0 aromatic carbocycles. The molecule has 126 valence electrons. The fourth-order valence-corrected chi connectivity index (χ4v) is 3.97. The molecule has 0 bridgehead atoms. The predicted molar refractivity (Wildman–Crippen MR) is 102 cm³/mol. The third-order valence-corrected chi connectivity index (χ3v) is 5.18. The second-order valence-electron chi connectivity index (χ2n) is 5.63. The molecule has 2 N–H and O–H groups in total. The number of nitrogens with one attached hydrogen (secondary N) is 2. The lowest BCUT2D eigenvalue weighted by atomic mass is 10.2. The Labute approximate surface area is 147 Å². The van der Waals surface area contributed by atoms with Gasteiger partial charge in [-0.3, -0.25) is 4.99 Å². The van der Waals surface area contributed by atoms with E-state index in [1.54, 1.807) is 11.3 Å². The highest BCUT2D eigenvalue weighted by atomic mass is 32.1. The number of hydrogen-bond acceptors (Lipinski definition) is 4. The third kappa shape index (κ3) is 6.31. The molecule has 1 unspecified atom stereocenters. The van der Waals surface area contributed by atoms with Gasteiger partial charge in [-0.05, 0) is 39.8 Å². The van der Waals surface area contributed by atoms with Gasteiger partial charge in [0, 0.05) is 47.1 Å². The number of rotatable bonds is 7. The van der Waals surface area contributed by atoms with Crippen molar-refractivity contribution in [3.63, 3.8) is 0 Å². The Hall–Kier alpha value is -1.40. The highest BCUT2D eigenvalue weighted by Crippen LogP contribution is 2.16. The summed E-state index contributed by atoms with van der Waals surface area (Å²) in [7, 11) is 0. The number of hydrogen-bond donors (Lipinski definition) is 2. The van der Waals surface area contributed by atoms with Crippen molar-refractivity contribution < 1.29 is 0 Å². The Morgan fingerprint density at radius 3 is 2.78 bits per heavy atom. The number of guanidine groups is 1. The van der Waals surface area contributed by atoms with Crippen molar-refractivity contribution in [1.82, 2.24) is 15.6 Å². The van der Waals surface area contributed by atoms with E-state index in [9.17, 15) is 0 Å². The van der Waals surface area contributed by atoms with Crippen molar-refractivity contribution >= 4 is 28.6 Å². The number of aromatic nitrogens is 1. The van der Waals surface area contributed by atoms with Crippen LogP contribution in [0.2, 0.25) is 0 Å². The van der Waals surface area contributed by atoms with E-state index in [-0.39, 0.29) is 0 Å². The van der Waals surface area contributed by atoms with Crippen LogP contribution in [0.5, 0.6) is 0 Å². The van der Waals surface area contributed by atoms with E-state index in [4.69, 9.17) is 0 Å². The molecule has 4 nitrogen and oxygen atoms in total. The van der Waals surface area contributed by atoms with Gasteiger partial charge >= 0.3 is 0 Å². The predicted octanol–water partition coefficient (Wildman–Crippen LogP) is 3.55. The van der Waals surface area contributed by atoms with Gasteiger partial charge in [0.2, 0.25) is 0 Å². The number of thiophene rings is 1. The van der Waals surface area contributed by atoms with Crippen LogP contribution in [0.4, 0.5) is 0 Å². The minimum atomic E-state index is 0.354. The highest BCUT2D eigenvalue weighted by Gasteiger charge is 2.08. The van der Waals surface area contributed by atoms with Crippen LogP contribution in [0.1, 0.15) is 34.3 Å². The summed E-state index contributed by atoms with van der Waals surface area (Å²) >= 11 is 3.56. The molecule has 0 aliphatic heterocycles. The van der Waals surface area contributed by atoms with Crippen LogP contribution in [0.3, 0.4) is 0 Å². The van der Waals surface area contributed by atoms with E-state index in [0.717, 1.165) is 42.6 Å². The number of thiazole rings is 1. The molecule has 2 aromatic heterocycles. The van der Waals surface area contributed by atoms with Gasteiger partial charge < -0.3 is 10.6 Å². The summed E-state index contributed by atoms with van der Waals surface area (Å²) in [4.78, 5) is 11.9. The van der Waals surface area contributed by atoms with E-state index in [2.05, 4.69) is 58.9 Å². The molecule has 0 aliphatic carbocycles. The van der Waals surface area contributed by atoms with Crippen LogP contribution in [0.15, 0.2) is 22.5 Å². The van der Waals surface area contributed by atoms with Crippen molar-refractivity contribution in [2.45, 2.75) is 46.6 Å². The van der Waals surface area contributed by atoms with Gasteiger partial charge in [-0.2, -0.15) is 0 Å². The number of aliphatic imine (C=N–C) groups is 1. The maximum atomic E-state index is 4.67. The first-order chi connectivity index (χ1) is 11.1. The largest absolute Gasteiger partial charge is 0.357 e. The van der Waals surface area contributed by atoms with Gasteiger partial charge in [0.25, 0.3) is 0 Å². The lowest BCUT2D eigenvalue weighted by Crippen LogP contribution is -2.43. The van der Waals surface area contributed by atoms with Gasteiger partial charge in [-0.25, -0.2) is 4.98 Å². The Bertz CT molecular complexity index is 630. The third-order valence-electron chi connectivity index (χ3n) is 3.34. The Kier molecular flexibility index (Phi) is 7.05. The van der Waals surface area contributed by atoms with Crippen LogP contribution in [-0.2, 0) is 12.8 Å². The molecule has 0 fully saturated rings. The molecule has 0 spiro atoms. The van der Waals surface area contributed by atoms with Gasteiger partial charge in [0.1, 0.15) is 0 Å². The normalized spacial score (nSPS) is 13.1. The molecule has 0 saturated carbocycles. The molecule has 0 saturated heterocycles. The average molecular weight is 351 g/mol. The Morgan fingerprint density at radius 1 is 1.35 bits per heavy atom. The van der Waals surface area contributed by atoms with Gasteiger partial charge in [0.15, 0.2) is 5.96 Å². The number of nitrogens with zero attached hydrogens (tertiary/aromatic N) is 2. The summed E-state index contributed by atoms with van der Waals surface area (Å²) < 4.78 is 0. The maximum Gasteiger partial charge on any atom is 0.191 e. The standard InChI is InChI=1S/C17H26N4S2/c1-5-18-17(19-9-8-15-11-22-14(4)21-15)20-12(2)10-16-7-6-13(3)23-16/h6-7,11-12H,5,8-10H2,1-4H3,(H2,18,19,20). The van der Waals surface area contributed by atoms with Gasteiger partial charge in [0.05, 0.1) is 10.7 Å². The minimum absolute atomic E-state index is 0.354. The molecule has 6 heteroatoms. The van der Waals surface area contributed by atoms with Crippen molar-refractivity contribution in [1.29, 1.82) is 0 Å². The highest BCUT2D eigenvalue weighted by molar-refractivity contribution is 7.11. The molecule has 1 atom stereocenters. The quantitative estimate of drug-likeness (QED) is 0.593. The molecule has 0 aliphatic rings. The molecule has 2 rings (SSSR count). The molecular formula is C17H26N4S2. The second-order valence-corrected chi connectivity index (χ2v) is 8.07. The first-order valence-corrected chi connectivity index (χ1v) is 9.77. The lowest BCUT2D eigenvalue weighted by molar-refractivity contribution is 0.645. The molecule has 2 heterocycles. The minimum Gasteiger partial charge on any atom is -0.357 e. The fourth-order valence-electron chi connectivity index (χ4n) is 2.31. The summed E-state index contributed by atoms with van der Waals surface area (Å²) in [6.07, 6.45) is 1.91. The van der Waals surface area contributed by atoms with E-state index >= 15 is 0 Å². The summed E-state index contributed by atoms with van der Waals surface area (Å²) in [6, 6.07) is 4.75. The summed E-state index contributed by atoms with van der Waals surface area (Å²) in [5.41, 5.74) is 1.13. The molecule has 2 aromatic rings. The van der Waals surface area contributed by atoms with E-state index in [1.165, 1.54) is 9.75 Å². The zero-order valence-electron chi connectivity index (χ0n) is 14.3. The zero-order valence-corrected chi connectivity index (χ0v) is 16.0. The Morgan fingerprint density at radius 2 is 2.17 bits per heavy atom. The van der Waals surface area contributed by atoms with Crippen LogP contribution < -0.4 is 10.6 Å². The maximum absolute atomic E-state index is 4.67. The monoisotopic (exact) mass is 350 g/mol. The van der Waals surface area contributed by atoms with Crippen molar-refractivity contribution in [3.8, 4) is 0 Å². The molecule has 23 heavy (non-hydrogen) atoms. The fraction of sp³-hybridized carbons (Fsp3) is 0.529. The zero-order chi connectivity index (χ0) is 16.7. The van der Waals surface area contributed by atoms with Crippen molar-refractivity contribution in [2.75, 3.05) is 13.1 Å². The van der Waals surface area contributed by atoms with Gasteiger partial charge in [-0.15, -0.1) is 22.7 Å². The van der Waals surface area contributed by atoms with E-state index < -0.39 is 0 Å². The number of aryl methyl sites for hydroxylation is 2. The van der Waals surface area contributed by atoms with Crippen LogP contribution in [0, 0.1) is 13.8 Å². The molecule has 0 amide bonds. The first-order valence-electron chi connectivity index (χ1n) is 8.08. The van der Waals surface area contributed by atoms with Crippen molar-refractivity contribution in [2.24, 2.45) is 4.99 Å². The van der Waals surface area contributed by atoms with Crippen LogP contribution in [-0.4, -0.2) is 30.1 Å². The Balaban J connectivity index is 1.85. The van der Waals surface area contributed by atoms with Crippen LogP contribution in [0.25, 0.3) is 0 Å². The average Bonchev–Trinajstić information content (AvgIpc) is 3.08. The van der Waals surface area contributed by atoms with Gasteiger partial charge in [-0.1, -0.05) is 0 Å². The lowest BCUT2D eigenvalue weighted by Gasteiger charge is -2.17. The smallest absolute Gasteiger partial charge is 0.191 e. The second kappa shape index (κ2) is 9.03. The van der Waals surface area contributed by atoms with E-state index in [0.29, 0.717) is 6.04 Å². The summed E-state index contributed by atoms with van der Waals surface area (Å²) in [6.45, 7) is 10.1. The van der Waals surface area contributed by atoms with Crippen LogP contribution >= 0.6 is 22.7 Å². The first kappa shape index (κ1) is 17.9. The molecule has 0 radical (unpaired) electrons. The van der Waals surface area contributed by atoms with Crippen molar-refractivity contribution in [3.05, 3.63) is 38.0 Å². The summed E-state index contributed by atoms with van der Waals surface area (Å²) in [5, 5.41) is 10.1. The SMILES string of the molecule is CCNC(=NCCc1csc(C)n1)NC(C)Cc1ccc(C)s1. The summed E-state index contributed by atoms with van der Waals surface area (Å²) in [5.74, 6) is 0.889.